The van der Waals surface area contributed by atoms with Gasteiger partial charge in [-0.05, 0) is 31.5 Å². The van der Waals surface area contributed by atoms with E-state index in [-0.39, 0.29) is 0 Å². The maximum Gasteiger partial charge on any atom is 0.150 e. The first kappa shape index (κ1) is 12.8. The van der Waals surface area contributed by atoms with Crippen LogP contribution >= 0.6 is 0 Å². The first-order valence-corrected chi connectivity index (χ1v) is 6.70. The van der Waals surface area contributed by atoms with E-state index < -0.39 is 0 Å². The summed E-state index contributed by atoms with van der Waals surface area (Å²) in [5, 5.41) is 8.46. The van der Waals surface area contributed by atoms with Gasteiger partial charge in [0.15, 0.2) is 5.76 Å². The van der Waals surface area contributed by atoms with E-state index in [4.69, 9.17) is 4.52 Å². The zero-order valence-corrected chi connectivity index (χ0v) is 11.7. The molecule has 0 bridgehead atoms. The molecule has 0 radical (unpaired) electrons. The van der Waals surface area contributed by atoms with E-state index in [1.54, 1.807) is 0 Å². The summed E-state index contributed by atoms with van der Waals surface area (Å²) in [4.78, 5) is 4.55. The summed E-state index contributed by atoms with van der Waals surface area (Å²) in [5.74, 6) is 0.859. The van der Waals surface area contributed by atoms with Gasteiger partial charge in [0.2, 0.25) is 0 Å². The molecule has 0 aliphatic rings. The molecule has 1 aromatic carbocycles. The normalized spacial score (nSPS) is 11.1. The first-order chi connectivity index (χ1) is 9.72. The van der Waals surface area contributed by atoms with Crippen LogP contribution in [0.15, 0.2) is 40.9 Å². The van der Waals surface area contributed by atoms with Crippen molar-refractivity contribution in [3.63, 3.8) is 0 Å². The van der Waals surface area contributed by atoms with Gasteiger partial charge in [-0.25, -0.2) is 0 Å². The Morgan fingerprint density at radius 1 is 1.05 bits per heavy atom. The van der Waals surface area contributed by atoms with Gasteiger partial charge in [0.05, 0.1) is 17.8 Å². The maximum atomic E-state index is 5.19. The molecule has 0 spiro atoms. The van der Waals surface area contributed by atoms with Crippen LogP contribution in [0.1, 0.15) is 22.7 Å². The molecule has 0 fully saturated rings. The summed E-state index contributed by atoms with van der Waals surface area (Å²) < 4.78 is 5.19. The van der Waals surface area contributed by atoms with Gasteiger partial charge in [-0.15, -0.1) is 0 Å². The number of hydrogen-bond acceptors (Lipinski definition) is 4. The van der Waals surface area contributed by atoms with Crippen LogP contribution in [0.2, 0.25) is 0 Å². The molecule has 0 atom stereocenters. The maximum absolute atomic E-state index is 5.19. The molecule has 102 valence electrons. The second-order valence-electron chi connectivity index (χ2n) is 4.98. The van der Waals surface area contributed by atoms with Gasteiger partial charge >= 0.3 is 0 Å². The predicted molar refractivity (Wildman–Crippen MR) is 78.3 cm³/mol. The number of aryl methyl sites for hydroxylation is 2. The Morgan fingerprint density at radius 2 is 1.90 bits per heavy atom. The highest BCUT2D eigenvalue weighted by Crippen LogP contribution is 2.18. The lowest BCUT2D eigenvalue weighted by molar-refractivity contribution is 0.369. The van der Waals surface area contributed by atoms with Crippen molar-refractivity contribution in [3.8, 4) is 0 Å². The number of nitrogens with one attached hydrogen (secondary N) is 1. The zero-order valence-electron chi connectivity index (χ0n) is 11.7. The van der Waals surface area contributed by atoms with Gasteiger partial charge in [0.25, 0.3) is 0 Å². The molecule has 0 saturated carbocycles. The summed E-state index contributed by atoms with van der Waals surface area (Å²) in [6.07, 6.45) is 0. The lowest BCUT2D eigenvalue weighted by Crippen LogP contribution is -2.12. The highest BCUT2D eigenvalue weighted by atomic mass is 16.5. The molecule has 4 nitrogen and oxygen atoms in total. The molecule has 4 heteroatoms. The van der Waals surface area contributed by atoms with Crippen molar-refractivity contribution < 1.29 is 4.52 Å². The molecule has 2 aromatic heterocycles. The number of aromatic nitrogens is 2. The van der Waals surface area contributed by atoms with Crippen molar-refractivity contribution in [2.24, 2.45) is 0 Å². The van der Waals surface area contributed by atoms with Crippen molar-refractivity contribution in [1.29, 1.82) is 0 Å². The van der Waals surface area contributed by atoms with Gasteiger partial charge < -0.3 is 9.84 Å². The topological polar surface area (TPSA) is 51.0 Å². The van der Waals surface area contributed by atoms with E-state index in [0.717, 1.165) is 29.2 Å². The van der Waals surface area contributed by atoms with E-state index in [2.05, 4.69) is 27.6 Å². The first-order valence-electron chi connectivity index (χ1n) is 6.70. The Morgan fingerprint density at radius 3 is 2.70 bits per heavy atom. The highest BCUT2D eigenvalue weighted by Gasteiger charge is 2.04. The van der Waals surface area contributed by atoms with Gasteiger partial charge in [-0.3, -0.25) is 4.98 Å². The average Bonchev–Trinajstić information content (AvgIpc) is 2.84. The van der Waals surface area contributed by atoms with Crippen LogP contribution < -0.4 is 5.32 Å². The van der Waals surface area contributed by atoms with E-state index in [9.17, 15) is 0 Å². The monoisotopic (exact) mass is 267 g/mol. The van der Waals surface area contributed by atoms with Crippen LogP contribution in [0.25, 0.3) is 10.9 Å². The Hall–Kier alpha value is -2.20. The molecule has 1 N–H and O–H groups in total. The van der Waals surface area contributed by atoms with Gasteiger partial charge in [0, 0.05) is 23.7 Å². The molecule has 20 heavy (non-hydrogen) atoms. The second-order valence-corrected chi connectivity index (χ2v) is 4.98. The molecule has 3 rings (SSSR count). The van der Waals surface area contributed by atoms with Crippen LogP contribution in [0, 0.1) is 13.8 Å². The van der Waals surface area contributed by atoms with Crippen LogP contribution in [0.5, 0.6) is 0 Å². The van der Waals surface area contributed by atoms with Crippen molar-refractivity contribution >= 4 is 10.9 Å². The van der Waals surface area contributed by atoms with Crippen molar-refractivity contribution in [2.45, 2.75) is 26.9 Å². The molecule has 0 saturated heterocycles. The van der Waals surface area contributed by atoms with Gasteiger partial charge in [-0.1, -0.05) is 23.4 Å². The molecule has 0 amide bonds. The lowest BCUT2D eigenvalue weighted by Gasteiger charge is -2.08. The molecule has 0 aliphatic carbocycles. The van der Waals surface area contributed by atoms with Crippen molar-refractivity contribution in [1.82, 2.24) is 15.5 Å². The van der Waals surface area contributed by atoms with Crippen LogP contribution in [0.4, 0.5) is 0 Å². The minimum atomic E-state index is 0.677. The van der Waals surface area contributed by atoms with Crippen molar-refractivity contribution in [3.05, 3.63) is 59.1 Å². The Kier molecular flexibility index (Phi) is 3.48. The molecule has 0 aliphatic heterocycles. The number of rotatable bonds is 4. The van der Waals surface area contributed by atoms with E-state index in [0.29, 0.717) is 6.54 Å². The van der Waals surface area contributed by atoms with Crippen LogP contribution in [-0.4, -0.2) is 10.1 Å². The standard InChI is InChI=1S/C16H17N3O/c1-11-7-13(15-5-3-4-6-16(15)18-11)9-17-10-14-8-12(2)19-20-14/h3-8,17H,9-10H2,1-2H3. The summed E-state index contributed by atoms with van der Waals surface area (Å²) in [6.45, 7) is 5.41. The number of pyridine rings is 1. The highest BCUT2D eigenvalue weighted by molar-refractivity contribution is 5.82. The molecule has 2 heterocycles. The molecular weight excluding hydrogens is 250 g/mol. The number of nitrogens with zero attached hydrogens (tertiary/aromatic N) is 2. The summed E-state index contributed by atoms with van der Waals surface area (Å²) in [6, 6.07) is 12.3. The number of fused-ring (bicyclic) bond motifs is 1. The fraction of sp³-hybridized carbons (Fsp3) is 0.250. The fourth-order valence-electron chi connectivity index (χ4n) is 2.36. The number of para-hydroxylation sites is 1. The third kappa shape index (κ3) is 2.70. The third-order valence-electron chi connectivity index (χ3n) is 3.22. The zero-order chi connectivity index (χ0) is 13.9. The van der Waals surface area contributed by atoms with E-state index in [1.807, 2.05) is 38.1 Å². The minimum absolute atomic E-state index is 0.677. The van der Waals surface area contributed by atoms with E-state index >= 15 is 0 Å². The SMILES string of the molecule is Cc1cc(CNCc2cc(C)nc3ccccc23)on1. The average molecular weight is 267 g/mol. The second kappa shape index (κ2) is 5.43. The summed E-state index contributed by atoms with van der Waals surface area (Å²) in [7, 11) is 0. The summed E-state index contributed by atoms with van der Waals surface area (Å²) >= 11 is 0. The van der Waals surface area contributed by atoms with Gasteiger partial charge in [-0.2, -0.15) is 0 Å². The van der Waals surface area contributed by atoms with Gasteiger partial charge in [0.1, 0.15) is 0 Å². The van der Waals surface area contributed by atoms with Crippen LogP contribution in [-0.2, 0) is 13.1 Å². The predicted octanol–water partition coefficient (Wildman–Crippen LogP) is 3.13. The number of benzene rings is 1. The van der Waals surface area contributed by atoms with Crippen molar-refractivity contribution in [2.75, 3.05) is 0 Å². The quantitative estimate of drug-likeness (QED) is 0.789. The molecule has 0 unspecified atom stereocenters. The largest absolute Gasteiger partial charge is 0.360 e. The Labute approximate surface area is 117 Å². The fourth-order valence-corrected chi connectivity index (χ4v) is 2.36. The van der Waals surface area contributed by atoms with E-state index in [1.165, 1.54) is 10.9 Å². The Bertz CT molecular complexity index is 733. The minimum Gasteiger partial charge on any atom is -0.360 e. The molecule has 3 aromatic rings. The third-order valence-corrected chi connectivity index (χ3v) is 3.22. The molecular formula is C16H17N3O. The van der Waals surface area contributed by atoms with Crippen LogP contribution in [0.3, 0.4) is 0 Å². The Balaban J connectivity index is 1.77. The smallest absolute Gasteiger partial charge is 0.150 e. The number of hydrogen-bond donors (Lipinski definition) is 1. The lowest BCUT2D eigenvalue weighted by atomic mass is 10.1. The summed E-state index contributed by atoms with van der Waals surface area (Å²) in [5.41, 5.74) is 4.24.